The second-order valence-electron chi connectivity index (χ2n) is 3.28. The van der Waals surface area contributed by atoms with Crippen LogP contribution in [-0.4, -0.2) is 10.6 Å². The highest BCUT2D eigenvalue weighted by atomic mass is 79.9. The number of alkyl halides is 1. The van der Waals surface area contributed by atoms with E-state index in [4.69, 9.17) is 0 Å². The molecule has 0 radical (unpaired) electrons. The van der Waals surface area contributed by atoms with E-state index in [0.717, 1.165) is 19.3 Å². The fourth-order valence-corrected chi connectivity index (χ4v) is 2.13. The van der Waals surface area contributed by atoms with Gasteiger partial charge in [0.2, 0.25) is 0 Å². The minimum Gasteiger partial charge on any atom is -0.298 e. The standard InChI is InChI=1S/C11H15BrO/c1-2-11(13)10(12)8-9-6-4-3-5-7-9/h3-4,6,10H,2,5,7-8H2,1H3. The van der Waals surface area contributed by atoms with Gasteiger partial charge in [0.1, 0.15) is 5.78 Å². The Hall–Kier alpha value is -0.370. The van der Waals surface area contributed by atoms with E-state index in [1.165, 1.54) is 5.57 Å². The number of hydrogen-bond donors (Lipinski definition) is 0. The highest BCUT2D eigenvalue weighted by Gasteiger charge is 2.14. The van der Waals surface area contributed by atoms with Gasteiger partial charge in [-0.2, -0.15) is 0 Å². The lowest BCUT2D eigenvalue weighted by Gasteiger charge is -2.12. The van der Waals surface area contributed by atoms with Crippen LogP contribution < -0.4 is 0 Å². The first kappa shape index (κ1) is 10.7. The van der Waals surface area contributed by atoms with Crippen molar-refractivity contribution >= 4 is 21.7 Å². The normalized spacial score (nSPS) is 18.2. The summed E-state index contributed by atoms with van der Waals surface area (Å²) in [4.78, 5) is 11.3. The molecule has 1 atom stereocenters. The number of ketones is 1. The molecule has 0 aromatic heterocycles. The number of carbonyl (C=O) groups is 1. The summed E-state index contributed by atoms with van der Waals surface area (Å²) >= 11 is 3.42. The van der Waals surface area contributed by atoms with Crippen LogP contribution in [-0.2, 0) is 4.79 Å². The molecule has 0 aliphatic heterocycles. The lowest BCUT2D eigenvalue weighted by atomic mass is 9.99. The lowest BCUT2D eigenvalue weighted by molar-refractivity contribution is -0.118. The zero-order valence-electron chi connectivity index (χ0n) is 7.92. The van der Waals surface area contributed by atoms with Crippen molar-refractivity contribution in [1.82, 2.24) is 0 Å². The van der Waals surface area contributed by atoms with Crippen molar-refractivity contribution in [3.8, 4) is 0 Å². The van der Waals surface area contributed by atoms with Gasteiger partial charge in [0.25, 0.3) is 0 Å². The summed E-state index contributed by atoms with van der Waals surface area (Å²) in [7, 11) is 0. The van der Waals surface area contributed by atoms with Gasteiger partial charge in [-0.3, -0.25) is 4.79 Å². The summed E-state index contributed by atoms with van der Waals surface area (Å²) in [5.74, 6) is 0.301. The van der Waals surface area contributed by atoms with Gasteiger partial charge in [-0.25, -0.2) is 0 Å². The second kappa shape index (κ2) is 5.38. The third-order valence-corrected chi connectivity index (χ3v) is 3.07. The molecule has 0 aromatic rings. The summed E-state index contributed by atoms with van der Waals surface area (Å²) in [5.41, 5.74) is 1.38. The molecule has 2 heteroatoms. The van der Waals surface area contributed by atoms with E-state index in [-0.39, 0.29) is 4.83 Å². The van der Waals surface area contributed by atoms with Gasteiger partial charge in [0.15, 0.2) is 0 Å². The van der Waals surface area contributed by atoms with Crippen LogP contribution in [0.25, 0.3) is 0 Å². The maximum Gasteiger partial charge on any atom is 0.146 e. The van der Waals surface area contributed by atoms with Gasteiger partial charge in [-0.15, -0.1) is 0 Å². The van der Waals surface area contributed by atoms with Crippen LogP contribution in [0.3, 0.4) is 0 Å². The van der Waals surface area contributed by atoms with Gasteiger partial charge in [-0.1, -0.05) is 46.7 Å². The number of allylic oxidation sites excluding steroid dienone is 4. The molecule has 0 spiro atoms. The fraction of sp³-hybridized carbons (Fsp3) is 0.545. The minimum atomic E-state index is 0.0234. The van der Waals surface area contributed by atoms with Crippen LogP contribution in [0, 0.1) is 0 Å². The Morgan fingerprint density at radius 2 is 2.46 bits per heavy atom. The van der Waals surface area contributed by atoms with Crippen molar-refractivity contribution in [3.05, 3.63) is 23.8 Å². The first-order valence-corrected chi connectivity index (χ1v) is 5.67. The summed E-state index contributed by atoms with van der Waals surface area (Å²) in [6.07, 6.45) is 10.1. The maximum atomic E-state index is 11.3. The number of Topliss-reactive ketones (excluding diaryl/α,β-unsaturated/α-hetero) is 1. The lowest BCUT2D eigenvalue weighted by Crippen LogP contribution is -2.13. The summed E-state index contributed by atoms with van der Waals surface area (Å²) < 4.78 is 0. The van der Waals surface area contributed by atoms with Crippen molar-refractivity contribution in [1.29, 1.82) is 0 Å². The average molecular weight is 243 g/mol. The second-order valence-corrected chi connectivity index (χ2v) is 4.39. The van der Waals surface area contributed by atoms with Crippen LogP contribution in [0.15, 0.2) is 23.8 Å². The molecule has 1 aliphatic carbocycles. The van der Waals surface area contributed by atoms with Crippen molar-refractivity contribution < 1.29 is 4.79 Å². The highest BCUT2D eigenvalue weighted by molar-refractivity contribution is 9.10. The van der Waals surface area contributed by atoms with E-state index < -0.39 is 0 Å². The van der Waals surface area contributed by atoms with E-state index in [2.05, 4.69) is 34.2 Å². The minimum absolute atomic E-state index is 0.0234. The molecule has 0 fully saturated rings. The summed E-state index contributed by atoms with van der Waals surface area (Å²) in [6, 6.07) is 0. The smallest absolute Gasteiger partial charge is 0.146 e. The summed E-state index contributed by atoms with van der Waals surface area (Å²) in [5, 5.41) is 0. The predicted octanol–water partition coefficient (Wildman–Crippen LogP) is 3.40. The van der Waals surface area contributed by atoms with Crippen molar-refractivity contribution in [2.24, 2.45) is 0 Å². The molecule has 1 nitrogen and oxygen atoms in total. The molecular formula is C11H15BrO. The number of rotatable bonds is 4. The molecule has 0 saturated carbocycles. The molecule has 0 saturated heterocycles. The number of hydrogen-bond acceptors (Lipinski definition) is 1. The SMILES string of the molecule is CCC(=O)C(Br)CC1=CC=CCC1. The van der Waals surface area contributed by atoms with E-state index in [1.54, 1.807) is 0 Å². The fourth-order valence-electron chi connectivity index (χ4n) is 1.39. The molecule has 0 amide bonds. The third-order valence-electron chi connectivity index (χ3n) is 2.24. The topological polar surface area (TPSA) is 17.1 Å². The van der Waals surface area contributed by atoms with Gasteiger partial charge >= 0.3 is 0 Å². The van der Waals surface area contributed by atoms with E-state index in [9.17, 15) is 4.79 Å². The van der Waals surface area contributed by atoms with Gasteiger partial charge in [0.05, 0.1) is 4.83 Å². The molecule has 0 aromatic carbocycles. The molecule has 72 valence electrons. The molecule has 13 heavy (non-hydrogen) atoms. The van der Waals surface area contributed by atoms with Crippen molar-refractivity contribution in [2.45, 2.75) is 37.4 Å². The monoisotopic (exact) mass is 242 g/mol. The van der Waals surface area contributed by atoms with Crippen LogP contribution >= 0.6 is 15.9 Å². The van der Waals surface area contributed by atoms with E-state index in [1.807, 2.05) is 6.92 Å². The molecule has 0 heterocycles. The molecule has 1 aliphatic rings. The van der Waals surface area contributed by atoms with Gasteiger partial charge < -0.3 is 0 Å². The van der Waals surface area contributed by atoms with Crippen LogP contribution in [0.4, 0.5) is 0 Å². The van der Waals surface area contributed by atoms with Crippen molar-refractivity contribution in [3.63, 3.8) is 0 Å². The molecule has 1 unspecified atom stereocenters. The van der Waals surface area contributed by atoms with E-state index in [0.29, 0.717) is 12.2 Å². The Bertz CT molecular complexity index is 240. The van der Waals surface area contributed by atoms with Gasteiger partial charge in [-0.05, 0) is 19.3 Å². The zero-order valence-corrected chi connectivity index (χ0v) is 9.51. The molecule has 1 rings (SSSR count). The number of halogens is 1. The van der Waals surface area contributed by atoms with Crippen LogP contribution in [0.2, 0.25) is 0 Å². The Kier molecular flexibility index (Phi) is 4.43. The zero-order chi connectivity index (χ0) is 9.68. The summed E-state index contributed by atoms with van der Waals surface area (Å²) in [6.45, 7) is 1.91. The van der Waals surface area contributed by atoms with Crippen LogP contribution in [0.1, 0.15) is 32.6 Å². The Morgan fingerprint density at radius 3 is 3.00 bits per heavy atom. The first-order valence-electron chi connectivity index (χ1n) is 4.75. The largest absolute Gasteiger partial charge is 0.298 e. The molecule has 0 N–H and O–H groups in total. The first-order chi connectivity index (χ1) is 6.24. The molecule has 0 bridgehead atoms. The van der Waals surface area contributed by atoms with Crippen LogP contribution in [0.5, 0.6) is 0 Å². The Morgan fingerprint density at radius 1 is 1.69 bits per heavy atom. The van der Waals surface area contributed by atoms with Crippen molar-refractivity contribution in [2.75, 3.05) is 0 Å². The maximum absolute atomic E-state index is 11.3. The highest BCUT2D eigenvalue weighted by Crippen LogP contribution is 2.21. The molecular weight excluding hydrogens is 228 g/mol. The van der Waals surface area contributed by atoms with Gasteiger partial charge in [0, 0.05) is 6.42 Å². The van der Waals surface area contributed by atoms with E-state index >= 15 is 0 Å². The predicted molar refractivity (Wildman–Crippen MR) is 59.1 cm³/mol. The third kappa shape index (κ3) is 3.47. The average Bonchev–Trinajstić information content (AvgIpc) is 2.18. The number of carbonyl (C=O) groups excluding carboxylic acids is 1. The Labute approximate surface area is 88.0 Å². The quantitative estimate of drug-likeness (QED) is 0.691. The Balaban J connectivity index is 2.43.